The molecule has 0 aliphatic carbocycles. The zero-order valence-corrected chi connectivity index (χ0v) is 12.9. The first-order valence-electron chi connectivity index (χ1n) is 6.36. The van der Waals surface area contributed by atoms with Crippen molar-refractivity contribution in [2.45, 2.75) is 25.0 Å². The zero-order valence-electron chi connectivity index (χ0n) is 11.3. The molecule has 0 bridgehead atoms. The molecule has 0 unspecified atom stereocenters. The van der Waals surface area contributed by atoms with Crippen molar-refractivity contribution in [1.82, 2.24) is 0 Å². The number of benzene rings is 1. The first-order valence-corrected chi connectivity index (χ1v) is 7.79. The molecule has 2 amide bonds. The third-order valence-electron chi connectivity index (χ3n) is 3.14. The number of halogens is 1. The molecule has 0 saturated carbocycles. The predicted octanol–water partition coefficient (Wildman–Crippen LogP) is 2.49. The molecule has 7 heteroatoms. The lowest BCUT2D eigenvalue weighted by Gasteiger charge is -2.17. The molecule has 1 saturated heterocycles. The van der Waals surface area contributed by atoms with Crippen LogP contribution in [0.4, 0.5) is 5.69 Å². The minimum atomic E-state index is -0.912. The van der Waals surface area contributed by atoms with Crippen LogP contribution in [0.2, 0.25) is 5.02 Å². The van der Waals surface area contributed by atoms with Gasteiger partial charge in [0.1, 0.15) is 0 Å². The maximum atomic E-state index is 12.3. The van der Waals surface area contributed by atoms with Crippen molar-refractivity contribution >= 4 is 46.8 Å². The van der Waals surface area contributed by atoms with Crippen molar-refractivity contribution < 1.29 is 19.5 Å². The summed E-state index contributed by atoms with van der Waals surface area (Å²) in [6.45, 7) is 1.78. The Balaban J connectivity index is 2.13. The highest BCUT2D eigenvalue weighted by Crippen LogP contribution is 2.32. The van der Waals surface area contributed by atoms with Crippen molar-refractivity contribution in [3.8, 4) is 0 Å². The molecular formula is C14H14ClNO4S. The topological polar surface area (TPSA) is 74.7 Å². The fraction of sp³-hybridized carbons (Fsp3) is 0.357. The Hall–Kier alpha value is -1.53. The summed E-state index contributed by atoms with van der Waals surface area (Å²) >= 11 is 7.09. The summed E-state index contributed by atoms with van der Waals surface area (Å²) in [4.78, 5) is 36.1. The molecule has 0 radical (unpaired) electrons. The fourth-order valence-corrected chi connectivity index (χ4v) is 3.46. The Morgan fingerprint density at radius 1 is 1.48 bits per heavy atom. The maximum absolute atomic E-state index is 12.3. The van der Waals surface area contributed by atoms with E-state index in [9.17, 15) is 14.4 Å². The van der Waals surface area contributed by atoms with Crippen LogP contribution >= 0.6 is 23.4 Å². The second-order valence-corrected chi connectivity index (χ2v) is 6.45. The summed E-state index contributed by atoms with van der Waals surface area (Å²) in [6.07, 6.45) is 0.0772. The second-order valence-electron chi connectivity index (χ2n) is 4.71. The van der Waals surface area contributed by atoms with Crippen molar-refractivity contribution in [3.05, 3.63) is 28.8 Å². The number of carbonyl (C=O) groups is 3. The summed E-state index contributed by atoms with van der Waals surface area (Å²) in [5.74, 6) is -1.16. The third kappa shape index (κ3) is 3.57. The summed E-state index contributed by atoms with van der Waals surface area (Å²) in [7, 11) is 0. The van der Waals surface area contributed by atoms with Crippen LogP contribution < -0.4 is 4.90 Å². The van der Waals surface area contributed by atoms with E-state index in [0.717, 1.165) is 5.56 Å². The van der Waals surface area contributed by atoms with E-state index in [0.29, 0.717) is 16.5 Å². The maximum Gasteiger partial charge on any atom is 0.304 e. The van der Waals surface area contributed by atoms with Gasteiger partial charge in [-0.2, -0.15) is 0 Å². The molecule has 2 rings (SSSR count). The van der Waals surface area contributed by atoms with Gasteiger partial charge in [-0.15, -0.1) is 11.8 Å². The van der Waals surface area contributed by atoms with Gasteiger partial charge in [0.25, 0.3) is 0 Å². The normalized spacial score (nSPS) is 18.4. The quantitative estimate of drug-likeness (QED) is 0.841. The van der Waals surface area contributed by atoms with Gasteiger partial charge in [-0.3, -0.25) is 14.4 Å². The van der Waals surface area contributed by atoms with E-state index in [2.05, 4.69) is 0 Å². The number of nitrogens with zero attached hydrogens (tertiary/aromatic N) is 1. The lowest BCUT2D eigenvalue weighted by Crippen LogP contribution is -2.31. The molecule has 1 heterocycles. The number of rotatable bonds is 5. The van der Waals surface area contributed by atoms with E-state index in [1.807, 2.05) is 0 Å². The molecule has 1 fully saturated rings. The minimum Gasteiger partial charge on any atom is -0.481 e. The first kappa shape index (κ1) is 15.9. The van der Waals surface area contributed by atoms with Gasteiger partial charge >= 0.3 is 5.97 Å². The number of anilines is 1. The number of thioether (sulfide) groups is 1. The van der Waals surface area contributed by atoms with Gasteiger partial charge in [0.05, 0.1) is 17.4 Å². The van der Waals surface area contributed by atoms with Crippen LogP contribution in [0.15, 0.2) is 18.2 Å². The van der Waals surface area contributed by atoms with Gasteiger partial charge in [-0.25, -0.2) is 4.90 Å². The third-order valence-corrected chi connectivity index (χ3v) is 4.59. The molecule has 1 aliphatic heterocycles. The van der Waals surface area contributed by atoms with Crippen LogP contribution in [-0.4, -0.2) is 33.9 Å². The summed E-state index contributed by atoms with van der Waals surface area (Å²) in [5.41, 5.74) is 1.29. The van der Waals surface area contributed by atoms with Gasteiger partial charge in [0.15, 0.2) is 0 Å². The smallest absolute Gasteiger partial charge is 0.304 e. The molecular weight excluding hydrogens is 314 g/mol. The molecule has 1 aliphatic rings. The number of amides is 2. The lowest BCUT2D eigenvalue weighted by molar-refractivity contribution is -0.136. The van der Waals surface area contributed by atoms with Crippen LogP contribution in [0.25, 0.3) is 0 Å². The van der Waals surface area contributed by atoms with Gasteiger partial charge in [0.2, 0.25) is 11.8 Å². The lowest BCUT2D eigenvalue weighted by atomic mass is 10.2. The molecule has 0 spiro atoms. The Bertz CT molecular complexity index is 605. The first-order chi connectivity index (χ1) is 9.90. The van der Waals surface area contributed by atoms with E-state index in [1.54, 1.807) is 25.1 Å². The Kier molecular flexibility index (Phi) is 4.90. The van der Waals surface area contributed by atoms with E-state index in [-0.39, 0.29) is 24.7 Å². The highest BCUT2D eigenvalue weighted by molar-refractivity contribution is 8.00. The molecule has 1 aromatic carbocycles. The van der Waals surface area contributed by atoms with Gasteiger partial charge < -0.3 is 5.11 Å². The number of aliphatic carboxylic acids is 1. The summed E-state index contributed by atoms with van der Waals surface area (Å²) < 4.78 is 0. The van der Waals surface area contributed by atoms with E-state index in [1.165, 1.54) is 16.7 Å². The zero-order chi connectivity index (χ0) is 15.6. The van der Waals surface area contributed by atoms with Crippen LogP contribution in [0.1, 0.15) is 18.4 Å². The van der Waals surface area contributed by atoms with Crippen molar-refractivity contribution in [3.63, 3.8) is 0 Å². The monoisotopic (exact) mass is 327 g/mol. The predicted molar refractivity (Wildman–Crippen MR) is 81.8 cm³/mol. The van der Waals surface area contributed by atoms with Crippen LogP contribution in [-0.2, 0) is 14.4 Å². The molecule has 21 heavy (non-hydrogen) atoms. The SMILES string of the molecule is Cc1cc(Cl)ccc1N1C(=O)C[C@H](SCCC(=O)O)C1=O. The molecule has 1 N–H and O–H groups in total. The van der Waals surface area contributed by atoms with Gasteiger partial charge in [-0.1, -0.05) is 11.6 Å². The highest BCUT2D eigenvalue weighted by atomic mass is 35.5. The average Bonchev–Trinajstić information content (AvgIpc) is 2.65. The van der Waals surface area contributed by atoms with Gasteiger partial charge in [0, 0.05) is 17.2 Å². The summed E-state index contributed by atoms with van der Waals surface area (Å²) in [6, 6.07) is 4.98. The Labute approximate surface area is 131 Å². The standard InChI is InChI=1S/C14H14ClNO4S/c1-8-6-9(15)2-3-10(8)16-12(17)7-11(14(16)20)21-5-4-13(18)19/h2-3,6,11H,4-5,7H2,1H3,(H,18,19)/t11-/m0/s1. The number of hydrogen-bond acceptors (Lipinski definition) is 4. The summed E-state index contributed by atoms with van der Waals surface area (Å²) in [5, 5.41) is 8.65. The number of carboxylic acids is 1. The number of imide groups is 1. The number of hydrogen-bond donors (Lipinski definition) is 1. The van der Waals surface area contributed by atoms with E-state index < -0.39 is 11.2 Å². The number of carbonyl (C=O) groups excluding carboxylic acids is 2. The highest BCUT2D eigenvalue weighted by Gasteiger charge is 2.40. The van der Waals surface area contributed by atoms with Gasteiger partial charge in [-0.05, 0) is 30.7 Å². The van der Waals surface area contributed by atoms with Crippen LogP contribution in [0, 0.1) is 6.92 Å². The van der Waals surface area contributed by atoms with Crippen molar-refractivity contribution in [1.29, 1.82) is 0 Å². The molecule has 1 atom stereocenters. The average molecular weight is 328 g/mol. The van der Waals surface area contributed by atoms with Crippen molar-refractivity contribution in [2.24, 2.45) is 0 Å². The van der Waals surface area contributed by atoms with E-state index >= 15 is 0 Å². The molecule has 112 valence electrons. The molecule has 0 aromatic heterocycles. The Morgan fingerprint density at radius 2 is 2.19 bits per heavy atom. The van der Waals surface area contributed by atoms with Crippen LogP contribution in [0.3, 0.4) is 0 Å². The molecule has 5 nitrogen and oxygen atoms in total. The number of aryl methyl sites for hydroxylation is 1. The minimum absolute atomic E-state index is 0.0252. The second kappa shape index (κ2) is 6.49. The Morgan fingerprint density at radius 3 is 2.81 bits per heavy atom. The molecule has 1 aromatic rings. The fourth-order valence-electron chi connectivity index (χ4n) is 2.15. The van der Waals surface area contributed by atoms with Crippen molar-refractivity contribution in [2.75, 3.05) is 10.7 Å². The van der Waals surface area contributed by atoms with Crippen LogP contribution in [0.5, 0.6) is 0 Å². The number of carboxylic acid groups (broad SMARTS) is 1. The largest absolute Gasteiger partial charge is 0.481 e. The van der Waals surface area contributed by atoms with E-state index in [4.69, 9.17) is 16.7 Å².